The molecule has 0 radical (unpaired) electrons. The fourth-order valence-corrected chi connectivity index (χ4v) is 2.56. The topological polar surface area (TPSA) is 50.5 Å². The SMILES string of the molecule is CCCNCc1cc(CN2CCC(COC)C2)on1. The molecule has 1 saturated heterocycles. The summed E-state index contributed by atoms with van der Waals surface area (Å²) in [6.45, 7) is 7.91. The van der Waals surface area contributed by atoms with Gasteiger partial charge in [0, 0.05) is 26.3 Å². The average molecular weight is 267 g/mol. The molecule has 0 aliphatic carbocycles. The van der Waals surface area contributed by atoms with Gasteiger partial charge in [-0.3, -0.25) is 4.90 Å². The third kappa shape index (κ3) is 4.60. The van der Waals surface area contributed by atoms with Gasteiger partial charge in [0.25, 0.3) is 0 Å². The van der Waals surface area contributed by atoms with Crippen molar-refractivity contribution >= 4 is 0 Å². The first-order valence-corrected chi connectivity index (χ1v) is 7.18. The van der Waals surface area contributed by atoms with E-state index in [1.165, 1.54) is 6.42 Å². The quantitative estimate of drug-likeness (QED) is 0.726. The Morgan fingerprint density at radius 3 is 3.26 bits per heavy atom. The molecule has 5 nitrogen and oxygen atoms in total. The van der Waals surface area contributed by atoms with Crippen LogP contribution in [0.25, 0.3) is 0 Å². The molecule has 1 unspecified atom stereocenters. The highest BCUT2D eigenvalue weighted by Crippen LogP contribution is 2.19. The van der Waals surface area contributed by atoms with Crippen LogP contribution in [0.15, 0.2) is 10.6 Å². The van der Waals surface area contributed by atoms with E-state index in [0.29, 0.717) is 5.92 Å². The maximum atomic E-state index is 5.39. The zero-order valence-corrected chi connectivity index (χ0v) is 12.0. The molecule has 0 bridgehead atoms. The number of likely N-dealkylation sites (tertiary alicyclic amines) is 1. The number of hydrogen-bond acceptors (Lipinski definition) is 5. The van der Waals surface area contributed by atoms with Crippen LogP contribution in [0.1, 0.15) is 31.2 Å². The Morgan fingerprint density at radius 2 is 2.47 bits per heavy atom. The Bertz CT molecular complexity index is 367. The van der Waals surface area contributed by atoms with E-state index < -0.39 is 0 Å². The molecule has 0 saturated carbocycles. The van der Waals surface area contributed by atoms with Crippen LogP contribution in [-0.2, 0) is 17.8 Å². The number of aromatic nitrogens is 1. The molecular formula is C14H25N3O2. The Morgan fingerprint density at radius 1 is 1.58 bits per heavy atom. The van der Waals surface area contributed by atoms with Crippen LogP contribution in [0.3, 0.4) is 0 Å². The molecule has 108 valence electrons. The maximum absolute atomic E-state index is 5.39. The molecule has 2 heterocycles. The zero-order chi connectivity index (χ0) is 13.5. The van der Waals surface area contributed by atoms with E-state index in [2.05, 4.69) is 28.4 Å². The van der Waals surface area contributed by atoms with Crippen LogP contribution in [0, 0.1) is 5.92 Å². The summed E-state index contributed by atoms with van der Waals surface area (Å²) in [6.07, 6.45) is 2.35. The lowest BCUT2D eigenvalue weighted by molar-refractivity contribution is 0.151. The smallest absolute Gasteiger partial charge is 0.151 e. The molecule has 19 heavy (non-hydrogen) atoms. The van der Waals surface area contributed by atoms with Crippen LogP contribution in [-0.4, -0.2) is 43.4 Å². The standard InChI is InChI=1S/C14H25N3O2/c1-3-5-15-8-13-7-14(19-16-13)10-17-6-4-12(9-17)11-18-2/h7,12,15H,3-6,8-11H2,1-2H3. The maximum Gasteiger partial charge on any atom is 0.151 e. The molecule has 1 aliphatic rings. The molecule has 1 atom stereocenters. The van der Waals surface area contributed by atoms with Gasteiger partial charge in [-0.1, -0.05) is 12.1 Å². The van der Waals surface area contributed by atoms with Crippen LogP contribution in [0.5, 0.6) is 0 Å². The molecule has 2 rings (SSSR count). The normalized spacial score (nSPS) is 20.2. The summed E-state index contributed by atoms with van der Waals surface area (Å²) in [7, 11) is 1.77. The van der Waals surface area contributed by atoms with E-state index in [1.54, 1.807) is 7.11 Å². The van der Waals surface area contributed by atoms with Crippen molar-refractivity contribution in [2.75, 3.05) is 33.4 Å². The van der Waals surface area contributed by atoms with Crippen LogP contribution < -0.4 is 5.32 Å². The minimum absolute atomic E-state index is 0.665. The number of nitrogens with zero attached hydrogens (tertiary/aromatic N) is 2. The number of rotatable bonds is 8. The fraction of sp³-hybridized carbons (Fsp3) is 0.786. The van der Waals surface area contributed by atoms with Crippen molar-refractivity contribution in [3.05, 3.63) is 17.5 Å². The minimum atomic E-state index is 0.665. The van der Waals surface area contributed by atoms with Crippen molar-refractivity contribution in [2.45, 2.75) is 32.9 Å². The van der Waals surface area contributed by atoms with Crippen molar-refractivity contribution in [3.63, 3.8) is 0 Å². The summed E-state index contributed by atoms with van der Waals surface area (Å²) in [4.78, 5) is 2.41. The zero-order valence-electron chi connectivity index (χ0n) is 12.0. The van der Waals surface area contributed by atoms with E-state index in [4.69, 9.17) is 9.26 Å². The van der Waals surface area contributed by atoms with Gasteiger partial charge in [0.2, 0.25) is 0 Å². The summed E-state index contributed by atoms with van der Waals surface area (Å²) in [6, 6.07) is 2.06. The van der Waals surface area contributed by atoms with Gasteiger partial charge in [-0.05, 0) is 31.8 Å². The van der Waals surface area contributed by atoms with E-state index in [1.807, 2.05) is 0 Å². The first kappa shape index (κ1) is 14.5. The predicted molar refractivity (Wildman–Crippen MR) is 73.8 cm³/mol. The second kappa shape index (κ2) is 7.62. The molecule has 1 aromatic rings. The van der Waals surface area contributed by atoms with Gasteiger partial charge >= 0.3 is 0 Å². The lowest BCUT2D eigenvalue weighted by Gasteiger charge is -2.13. The van der Waals surface area contributed by atoms with Crippen molar-refractivity contribution < 1.29 is 9.26 Å². The third-order valence-electron chi connectivity index (χ3n) is 3.49. The van der Waals surface area contributed by atoms with Gasteiger partial charge in [-0.2, -0.15) is 0 Å². The predicted octanol–water partition coefficient (Wildman–Crippen LogP) is 1.64. The molecule has 0 amide bonds. The third-order valence-corrected chi connectivity index (χ3v) is 3.49. The molecular weight excluding hydrogens is 242 g/mol. The van der Waals surface area contributed by atoms with Gasteiger partial charge in [0.05, 0.1) is 18.8 Å². The summed E-state index contributed by atoms with van der Waals surface area (Å²) in [5.41, 5.74) is 0.996. The summed E-state index contributed by atoms with van der Waals surface area (Å²) in [5.74, 6) is 1.63. The first-order valence-electron chi connectivity index (χ1n) is 7.18. The number of hydrogen-bond donors (Lipinski definition) is 1. The van der Waals surface area contributed by atoms with E-state index in [0.717, 1.165) is 57.2 Å². The monoisotopic (exact) mass is 267 g/mol. The molecule has 1 aliphatic heterocycles. The number of nitrogens with one attached hydrogen (secondary N) is 1. The Kier molecular flexibility index (Phi) is 5.82. The lowest BCUT2D eigenvalue weighted by Crippen LogP contribution is -2.21. The second-order valence-electron chi connectivity index (χ2n) is 5.31. The van der Waals surface area contributed by atoms with Crippen LogP contribution >= 0.6 is 0 Å². The highest BCUT2D eigenvalue weighted by Gasteiger charge is 2.23. The first-order chi connectivity index (χ1) is 9.31. The van der Waals surface area contributed by atoms with Gasteiger partial charge < -0.3 is 14.6 Å². The summed E-state index contributed by atoms with van der Waals surface area (Å²) in [5, 5.41) is 7.43. The fourth-order valence-electron chi connectivity index (χ4n) is 2.56. The Labute approximate surface area is 115 Å². The van der Waals surface area contributed by atoms with Crippen LogP contribution in [0.2, 0.25) is 0 Å². The van der Waals surface area contributed by atoms with Crippen molar-refractivity contribution in [1.29, 1.82) is 0 Å². The molecule has 5 heteroatoms. The van der Waals surface area contributed by atoms with Gasteiger partial charge in [0.1, 0.15) is 0 Å². The van der Waals surface area contributed by atoms with E-state index in [9.17, 15) is 0 Å². The van der Waals surface area contributed by atoms with Gasteiger partial charge in [0.15, 0.2) is 5.76 Å². The van der Waals surface area contributed by atoms with Crippen molar-refractivity contribution in [3.8, 4) is 0 Å². The largest absolute Gasteiger partial charge is 0.384 e. The van der Waals surface area contributed by atoms with Crippen molar-refractivity contribution in [2.24, 2.45) is 5.92 Å². The van der Waals surface area contributed by atoms with E-state index in [-0.39, 0.29) is 0 Å². The summed E-state index contributed by atoms with van der Waals surface area (Å²) < 4.78 is 10.6. The van der Waals surface area contributed by atoms with Crippen molar-refractivity contribution in [1.82, 2.24) is 15.4 Å². The lowest BCUT2D eigenvalue weighted by atomic mass is 10.1. The Hall–Kier alpha value is -0.910. The highest BCUT2D eigenvalue weighted by molar-refractivity contribution is 5.05. The molecule has 0 aromatic carbocycles. The Balaban J connectivity index is 1.74. The molecule has 0 spiro atoms. The number of ether oxygens (including phenoxy) is 1. The average Bonchev–Trinajstić information content (AvgIpc) is 3.01. The molecule has 1 fully saturated rings. The molecule has 1 N–H and O–H groups in total. The number of methoxy groups -OCH3 is 1. The molecule has 1 aromatic heterocycles. The highest BCUT2D eigenvalue weighted by atomic mass is 16.5. The summed E-state index contributed by atoms with van der Waals surface area (Å²) >= 11 is 0. The van der Waals surface area contributed by atoms with E-state index >= 15 is 0 Å². The minimum Gasteiger partial charge on any atom is -0.384 e. The van der Waals surface area contributed by atoms with Gasteiger partial charge in [-0.15, -0.1) is 0 Å². The van der Waals surface area contributed by atoms with Crippen LogP contribution in [0.4, 0.5) is 0 Å². The second-order valence-corrected chi connectivity index (χ2v) is 5.31. The van der Waals surface area contributed by atoms with Gasteiger partial charge in [-0.25, -0.2) is 0 Å².